The van der Waals surface area contributed by atoms with Crippen LogP contribution in [0.25, 0.3) is 0 Å². The van der Waals surface area contributed by atoms with Gasteiger partial charge in [-0.2, -0.15) is 0 Å². The second-order valence-corrected chi connectivity index (χ2v) is 7.01. The van der Waals surface area contributed by atoms with Crippen LogP contribution in [0.15, 0.2) is 35.3 Å². The topological polar surface area (TPSA) is 27.6 Å². The minimum atomic E-state index is 0.493. The Morgan fingerprint density at radius 1 is 1.35 bits per heavy atom. The molecule has 4 heteroatoms. The van der Waals surface area contributed by atoms with Gasteiger partial charge in [-0.3, -0.25) is 4.99 Å². The largest absolute Gasteiger partial charge is 0.365 e. The summed E-state index contributed by atoms with van der Waals surface area (Å²) in [5.74, 6) is 0.771. The van der Waals surface area contributed by atoms with Crippen molar-refractivity contribution in [3.8, 4) is 0 Å². The van der Waals surface area contributed by atoms with Crippen LogP contribution in [0.5, 0.6) is 0 Å². The summed E-state index contributed by atoms with van der Waals surface area (Å²) >= 11 is 1.88. The summed E-state index contributed by atoms with van der Waals surface area (Å²) in [5, 5.41) is 5.18. The molecule has 3 nitrogen and oxygen atoms in total. The van der Waals surface area contributed by atoms with Crippen LogP contribution < -0.4 is 5.32 Å². The molecule has 0 aromatic heterocycles. The molecule has 1 N–H and O–H groups in total. The van der Waals surface area contributed by atoms with Crippen LogP contribution in [0, 0.1) is 5.92 Å². The molecule has 2 heterocycles. The molecule has 0 amide bonds. The number of benzene rings is 1. The minimum absolute atomic E-state index is 0.493. The van der Waals surface area contributed by atoms with Crippen molar-refractivity contribution in [2.24, 2.45) is 10.9 Å². The molecule has 2 aliphatic heterocycles. The molecule has 2 aliphatic rings. The number of thioether (sulfide) groups is 1. The summed E-state index contributed by atoms with van der Waals surface area (Å²) in [6.45, 7) is 4.44. The second-order valence-electron chi connectivity index (χ2n) is 5.81. The molecular weight excluding hydrogens is 266 g/mol. The number of piperidine rings is 1. The number of nitrogens with one attached hydrogen (secondary N) is 1. The van der Waals surface area contributed by atoms with E-state index in [9.17, 15) is 0 Å². The third-order valence-electron chi connectivity index (χ3n) is 4.09. The van der Waals surface area contributed by atoms with Gasteiger partial charge in [0, 0.05) is 13.1 Å². The zero-order valence-corrected chi connectivity index (χ0v) is 12.9. The lowest BCUT2D eigenvalue weighted by Gasteiger charge is -2.29. The van der Waals surface area contributed by atoms with Gasteiger partial charge in [-0.15, -0.1) is 0 Å². The summed E-state index contributed by atoms with van der Waals surface area (Å²) in [4.78, 5) is 7.09. The van der Waals surface area contributed by atoms with Gasteiger partial charge in [0.25, 0.3) is 0 Å². The number of amidine groups is 1. The maximum atomic E-state index is 4.65. The first kappa shape index (κ1) is 14.0. The summed E-state index contributed by atoms with van der Waals surface area (Å²) in [6, 6.07) is 10.7. The van der Waals surface area contributed by atoms with E-state index in [0.717, 1.165) is 24.2 Å². The van der Waals surface area contributed by atoms with Gasteiger partial charge in [0.1, 0.15) is 0 Å². The lowest BCUT2D eigenvalue weighted by Crippen LogP contribution is -2.38. The van der Waals surface area contributed by atoms with Gasteiger partial charge in [-0.1, -0.05) is 42.1 Å². The second kappa shape index (κ2) is 6.64. The standard InChI is InChI=1S/C16H23N3S/c1-19-9-5-6-13(12-19)10-17-16-18-11-15(20-16)14-7-3-2-4-8-14/h2-4,7-8,13,15H,5-6,9-12H2,1H3,(H,17,18). The van der Waals surface area contributed by atoms with Crippen molar-refractivity contribution in [2.45, 2.75) is 18.1 Å². The van der Waals surface area contributed by atoms with Crippen LogP contribution >= 0.6 is 11.8 Å². The van der Waals surface area contributed by atoms with Crippen LogP contribution in [0.3, 0.4) is 0 Å². The Labute approximate surface area is 125 Å². The SMILES string of the molecule is CN1CCCC(CNC2=NCC(c3ccccc3)S2)C1. The van der Waals surface area contributed by atoms with Crippen LogP contribution in [0.4, 0.5) is 0 Å². The number of nitrogens with zero attached hydrogens (tertiary/aromatic N) is 2. The summed E-state index contributed by atoms with van der Waals surface area (Å²) in [7, 11) is 2.22. The van der Waals surface area contributed by atoms with E-state index in [1.807, 2.05) is 11.8 Å². The monoisotopic (exact) mass is 289 g/mol. The average Bonchev–Trinajstić information content (AvgIpc) is 2.95. The third-order valence-corrected chi connectivity index (χ3v) is 5.29. The van der Waals surface area contributed by atoms with Gasteiger partial charge in [0.15, 0.2) is 5.17 Å². The van der Waals surface area contributed by atoms with E-state index in [-0.39, 0.29) is 0 Å². The molecule has 0 spiro atoms. The minimum Gasteiger partial charge on any atom is -0.365 e. The number of likely N-dealkylation sites (tertiary alicyclic amines) is 1. The lowest BCUT2D eigenvalue weighted by molar-refractivity contribution is 0.211. The molecule has 3 rings (SSSR count). The van der Waals surface area contributed by atoms with Crippen molar-refractivity contribution in [1.82, 2.24) is 10.2 Å². The number of hydrogen-bond acceptors (Lipinski definition) is 4. The molecule has 0 radical (unpaired) electrons. The molecule has 2 unspecified atom stereocenters. The van der Waals surface area contributed by atoms with Crippen LogP contribution in [0.1, 0.15) is 23.7 Å². The smallest absolute Gasteiger partial charge is 0.157 e. The van der Waals surface area contributed by atoms with E-state index in [1.54, 1.807) is 0 Å². The Hall–Kier alpha value is -1.00. The Morgan fingerprint density at radius 3 is 3.00 bits per heavy atom. The van der Waals surface area contributed by atoms with Crippen molar-refractivity contribution in [1.29, 1.82) is 0 Å². The number of rotatable bonds is 3. The van der Waals surface area contributed by atoms with E-state index in [2.05, 4.69) is 52.6 Å². The van der Waals surface area contributed by atoms with Crippen LogP contribution in [-0.2, 0) is 0 Å². The highest BCUT2D eigenvalue weighted by atomic mass is 32.2. The van der Waals surface area contributed by atoms with Crippen LogP contribution in [-0.4, -0.2) is 43.3 Å². The zero-order chi connectivity index (χ0) is 13.8. The van der Waals surface area contributed by atoms with Gasteiger partial charge in [-0.05, 0) is 37.9 Å². The Kier molecular flexibility index (Phi) is 4.63. The predicted octanol–water partition coefficient (Wildman–Crippen LogP) is 2.76. The molecule has 2 atom stereocenters. The quantitative estimate of drug-likeness (QED) is 0.927. The molecule has 1 aromatic rings. The Balaban J connectivity index is 1.46. The lowest BCUT2D eigenvalue weighted by atomic mass is 9.99. The van der Waals surface area contributed by atoms with E-state index in [4.69, 9.17) is 0 Å². The molecule has 20 heavy (non-hydrogen) atoms. The molecule has 0 saturated carbocycles. The van der Waals surface area contributed by atoms with Gasteiger partial charge in [-0.25, -0.2) is 0 Å². The van der Waals surface area contributed by atoms with E-state index < -0.39 is 0 Å². The molecule has 0 aliphatic carbocycles. The van der Waals surface area contributed by atoms with Gasteiger partial charge in [0.05, 0.1) is 11.8 Å². The number of aliphatic imine (C=N–C) groups is 1. The van der Waals surface area contributed by atoms with Gasteiger partial charge in [0.2, 0.25) is 0 Å². The Morgan fingerprint density at radius 2 is 2.20 bits per heavy atom. The molecule has 108 valence electrons. The maximum absolute atomic E-state index is 4.65. The Bertz CT molecular complexity index is 460. The van der Waals surface area contributed by atoms with E-state index in [1.165, 1.54) is 31.5 Å². The van der Waals surface area contributed by atoms with Crippen molar-refractivity contribution < 1.29 is 0 Å². The van der Waals surface area contributed by atoms with Crippen molar-refractivity contribution in [3.05, 3.63) is 35.9 Å². The summed E-state index contributed by atoms with van der Waals surface area (Å²) < 4.78 is 0. The predicted molar refractivity (Wildman–Crippen MR) is 87.3 cm³/mol. The molecular formula is C16H23N3S. The first-order chi connectivity index (χ1) is 9.81. The highest BCUT2D eigenvalue weighted by Gasteiger charge is 2.22. The highest BCUT2D eigenvalue weighted by molar-refractivity contribution is 8.14. The molecule has 1 aromatic carbocycles. The van der Waals surface area contributed by atoms with Crippen molar-refractivity contribution in [2.75, 3.05) is 33.2 Å². The molecule has 1 saturated heterocycles. The van der Waals surface area contributed by atoms with Gasteiger partial charge < -0.3 is 10.2 Å². The van der Waals surface area contributed by atoms with Crippen molar-refractivity contribution >= 4 is 16.9 Å². The first-order valence-electron chi connectivity index (χ1n) is 7.50. The van der Waals surface area contributed by atoms with Crippen LogP contribution in [0.2, 0.25) is 0 Å². The maximum Gasteiger partial charge on any atom is 0.157 e. The molecule has 1 fully saturated rings. The fourth-order valence-electron chi connectivity index (χ4n) is 2.99. The zero-order valence-electron chi connectivity index (χ0n) is 12.1. The molecule has 0 bridgehead atoms. The fraction of sp³-hybridized carbons (Fsp3) is 0.562. The fourth-order valence-corrected chi connectivity index (χ4v) is 4.01. The summed E-state index contributed by atoms with van der Waals surface area (Å²) in [6.07, 6.45) is 2.67. The van der Waals surface area contributed by atoms with Crippen molar-refractivity contribution in [3.63, 3.8) is 0 Å². The van der Waals surface area contributed by atoms with E-state index in [0.29, 0.717) is 5.25 Å². The number of hydrogen-bond donors (Lipinski definition) is 1. The third kappa shape index (κ3) is 3.55. The highest BCUT2D eigenvalue weighted by Crippen LogP contribution is 2.34. The van der Waals surface area contributed by atoms with Gasteiger partial charge >= 0.3 is 0 Å². The van der Waals surface area contributed by atoms with E-state index >= 15 is 0 Å². The first-order valence-corrected chi connectivity index (χ1v) is 8.37. The summed E-state index contributed by atoms with van der Waals surface area (Å²) in [5.41, 5.74) is 1.38. The normalized spacial score (nSPS) is 27.4. The average molecular weight is 289 g/mol.